The van der Waals surface area contributed by atoms with Crippen molar-refractivity contribution in [1.29, 1.82) is 0 Å². The maximum absolute atomic E-state index is 15.2. The lowest BCUT2D eigenvalue weighted by Gasteiger charge is -2.35. The number of nitrogens with one attached hydrogen (secondary N) is 2. The minimum Gasteiger partial charge on any atom is -0.474 e. The number of nitrogens with zero attached hydrogens (tertiary/aromatic N) is 2. The first-order valence-corrected chi connectivity index (χ1v) is 10.2. The molecule has 1 aromatic carbocycles. The van der Waals surface area contributed by atoms with Gasteiger partial charge in [-0.05, 0) is 43.7 Å². The van der Waals surface area contributed by atoms with E-state index in [4.69, 9.17) is 4.74 Å². The SMILES string of the molecule is CCN1C(=O)NNC1(CO)c1cc2c(C(C)C)cc(OC3CCC3)nc2cc1F. The van der Waals surface area contributed by atoms with E-state index in [-0.39, 0.29) is 17.6 Å². The van der Waals surface area contributed by atoms with Crippen molar-refractivity contribution in [3.63, 3.8) is 0 Å². The minimum atomic E-state index is -1.38. The number of hydrogen-bond acceptors (Lipinski definition) is 5. The van der Waals surface area contributed by atoms with Crippen molar-refractivity contribution >= 4 is 16.9 Å². The molecule has 1 atom stereocenters. The van der Waals surface area contributed by atoms with Gasteiger partial charge in [-0.15, -0.1) is 0 Å². The van der Waals surface area contributed by atoms with Crippen LogP contribution in [0.25, 0.3) is 10.9 Å². The lowest BCUT2D eigenvalue weighted by Crippen LogP contribution is -2.53. The number of likely N-dealkylation sites (N-methyl/N-ethyl adjacent to an activating group) is 1. The van der Waals surface area contributed by atoms with Gasteiger partial charge in [0.2, 0.25) is 5.88 Å². The fourth-order valence-corrected chi connectivity index (χ4v) is 4.06. The monoisotopic (exact) mass is 402 g/mol. The van der Waals surface area contributed by atoms with E-state index in [1.165, 1.54) is 11.0 Å². The Morgan fingerprint density at radius 2 is 2.14 bits per heavy atom. The third-order valence-electron chi connectivity index (χ3n) is 5.94. The molecule has 1 aromatic heterocycles. The molecule has 1 aliphatic carbocycles. The number of benzene rings is 1. The zero-order chi connectivity index (χ0) is 20.8. The lowest BCUT2D eigenvalue weighted by atomic mass is 9.92. The highest BCUT2D eigenvalue weighted by molar-refractivity contribution is 5.85. The van der Waals surface area contributed by atoms with Gasteiger partial charge in [0, 0.05) is 29.6 Å². The molecule has 1 saturated carbocycles. The average Bonchev–Trinajstić information content (AvgIpc) is 2.99. The molecular weight excluding hydrogens is 375 g/mol. The molecule has 3 N–H and O–H groups in total. The molecule has 1 aliphatic heterocycles. The highest BCUT2D eigenvalue weighted by atomic mass is 19.1. The van der Waals surface area contributed by atoms with Crippen LogP contribution in [0.4, 0.5) is 9.18 Å². The van der Waals surface area contributed by atoms with Gasteiger partial charge in [-0.2, -0.15) is 0 Å². The fraction of sp³-hybridized carbons (Fsp3) is 0.524. The maximum atomic E-state index is 15.2. The van der Waals surface area contributed by atoms with E-state index in [2.05, 4.69) is 29.7 Å². The summed E-state index contributed by atoms with van der Waals surface area (Å²) in [6.45, 7) is 5.73. The van der Waals surface area contributed by atoms with Gasteiger partial charge in [0.1, 0.15) is 11.9 Å². The van der Waals surface area contributed by atoms with Gasteiger partial charge in [-0.3, -0.25) is 10.3 Å². The van der Waals surface area contributed by atoms with E-state index in [1.54, 1.807) is 13.0 Å². The number of hydrogen-bond donors (Lipinski definition) is 3. The summed E-state index contributed by atoms with van der Waals surface area (Å²) in [5.74, 6) is 0.129. The molecule has 2 fully saturated rings. The van der Waals surface area contributed by atoms with Gasteiger partial charge in [-0.25, -0.2) is 19.6 Å². The van der Waals surface area contributed by atoms with Crippen LogP contribution in [-0.4, -0.2) is 40.3 Å². The minimum absolute atomic E-state index is 0.159. The maximum Gasteiger partial charge on any atom is 0.333 e. The number of amides is 2. The van der Waals surface area contributed by atoms with Gasteiger partial charge in [-0.1, -0.05) is 13.8 Å². The Hall–Kier alpha value is -2.45. The smallest absolute Gasteiger partial charge is 0.333 e. The second kappa shape index (κ2) is 7.42. The van der Waals surface area contributed by atoms with Gasteiger partial charge in [0.05, 0.1) is 12.1 Å². The van der Waals surface area contributed by atoms with Crippen LogP contribution < -0.4 is 15.6 Å². The molecule has 2 heterocycles. The first kappa shape index (κ1) is 19.8. The number of aliphatic hydroxyl groups excluding tert-OH is 1. The third-order valence-corrected chi connectivity index (χ3v) is 5.94. The molecule has 0 radical (unpaired) electrons. The van der Waals surface area contributed by atoms with Crippen LogP contribution in [0.15, 0.2) is 18.2 Å². The van der Waals surface area contributed by atoms with Crippen LogP contribution in [0.1, 0.15) is 57.1 Å². The molecule has 1 saturated heterocycles. The van der Waals surface area contributed by atoms with Crippen molar-refractivity contribution in [2.24, 2.45) is 0 Å². The van der Waals surface area contributed by atoms with Gasteiger partial charge >= 0.3 is 6.03 Å². The summed E-state index contributed by atoms with van der Waals surface area (Å²) in [5, 5.41) is 10.9. The topological polar surface area (TPSA) is 86.7 Å². The van der Waals surface area contributed by atoms with E-state index in [0.717, 1.165) is 30.2 Å². The number of carbonyl (C=O) groups excluding carboxylic acids is 1. The number of aliphatic hydroxyl groups is 1. The molecular formula is C21H27FN4O3. The summed E-state index contributed by atoms with van der Waals surface area (Å²) >= 11 is 0. The Kier molecular flexibility index (Phi) is 5.08. The largest absolute Gasteiger partial charge is 0.474 e. The quantitative estimate of drug-likeness (QED) is 0.691. The van der Waals surface area contributed by atoms with E-state index in [1.807, 2.05) is 6.07 Å². The zero-order valence-corrected chi connectivity index (χ0v) is 17.0. The Morgan fingerprint density at radius 3 is 2.72 bits per heavy atom. The van der Waals surface area contributed by atoms with E-state index < -0.39 is 24.1 Å². The molecule has 1 unspecified atom stereocenters. The number of carbonyl (C=O) groups is 1. The summed E-state index contributed by atoms with van der Waals surface area (Å²) in [6, 6.07) is 4.56. The summed E-state index contributed by atoms with van der Waals surface area (Å²) < 4.78 is 21.2. The van der Waals surface area contributed by atoms with E-state index in [0.29, 0.717) is 17.9 Å². The summed E-state index contributed by atoms with van der Waals surface area (Å²) in [4.78, 5) is 18.1. The predicted molar refractivity (Wildman–Crippen MR) is 107 cm³/mol. The normalized spacial score (nSPS) is 22.3. The highest BCUT2D eigenvalue weighted by Crippen LogP contribution is 2.36. The van der Waals surface area contributed by atoms with Crippen molar-refractivity contribution in [1.82, 2.24) is 20.7 Å². The molecule has 2 amide bonds. The van der Waals surface area contributed by atoms with Crippen LogP contribution in [-0.2, 0) is 5.66 Å². The average molecular weight is 402 g/mol. The second-order valence-corrected chi connectivity index (χ2v) is 8.04. The first-order chi connectivity index (χ1) is 13.9. The summed E-state index contributed by atoms with van der Waals surface area (Å²) in [5.41, 5.74) is 5.58. The molecule has 156 valence electrons. The Balaban J connectivity index is 1.86. The predicted octanol–water partition coefficient (Wildman–Crippen LogP) is 3.12. The van der Waals surface area contributed by atoms with Gasteiger partial charge in [0.15, 0.2) is 5.66 Å². The molecule has 4 rings (SSSR count). The number of aromatic nitrogens is 1. The van der Waals surface area contributed by atoms with Crippen LogP contribution in [0.5, 0.6) is 5.88 Å². The van der Waals surface area contributed by atoms with Crippen molar-refractivity contribution in [3.05, 3.63) is 35.1 Å². The van der Waals surface area contributed by atoms with E-state index >= 15 is 4.39 Å². The molecule has 0 bridgehead atoms. The Morgan fingerprint density at radius 1 is 1.38 bits per heavy atom. The van der Waals surface area contributed by atoms with Crippen molar-refractivity contribution < 1.29 is 19.0 Å². The third kappa shape index (κ3) is 3.20. The number of ether oxygens (including phenoxy) is 1. The molecule has 0 spiro atoms. The van der Waals surface area contributed by atoms with E-state index in [9.17, 15) is 9.90 Å². The van der Waals surface area contributed by atoms with Crippen molar-refractivity contribution in [3.8, 4) is 5.88 Å². The number of fused-ring (bicyclic) bond motifs is 1. The second-order valence-electron chi connectivity index (χ2n) is 8.04. The number of urea groups is 1. The van der Waals surface area contributed by atoms with Crippen LogP contribution in [0.2, 0.25) is 0 Å². The number of rotatable bonds is 6. The number of hydrazine groups is 1. The van der Waals surface area contributed by atoms with Gasteiger partial charge < -0.3 is 9.84 Å². The lowest BCUT2D eigenvalue weighted by molar-refractivity contribution is 0.0592. The standard InChI is InChI=1S/C21H27FN4O3/c1-4-26-20(28)24-25-21(26,11-27)16-8-15-14(12(2)3)9-19(29-13-6-5-7-13)23-18(15)10-17(16)22/h8-10,12-13,25,27H,4-7,11H2,1-3H3,(H,24,28). The van der Waals surface area contributed by atoms with Crippen LogP contribution in [0.3, 0.4) is 0 Å². The summed E-state index contributed by atoms with van der Waals surface area (Å²) in [6.07, 6.45) is 3.37. The van der Waals surface area contributed by atoms with Crippen molar-refractivity contribution in [2.75, 3.05) is 13.2 Å². The molecule has 7 nitrogen and oxygen atoms in total. The van der Waals surface area contributed by atoms with Crippen molar-refractivity contribution in [2.45, 2.75) is 57.7 Å². The molecule has 2 aromatic rings. The van der Waals surface area contributed by atoms with Crippen LogP contribution >= 0.6 is 0 Å². The molecule has 8 heteroatoms. The van der Waals surface area contributed by atoms with Crippen LogP contribution in [0, 0.1) is 5.82 Å². The Labute approximate surface area is 169 Å². The highest BCUT2D eigenvalue weighted by Gasteiger charge is 2.47. The Bertz CT molecular complexity index is 947. The summed E-state index contributed by atoms with van der Waals surface area (Å²) in [7, 11) is 0. The number of pyridine rings is 1. The zero-order valence-electron chi connectivity index (χ0n) is 17.0. The van der Waals surface area contributed by atoms with Gasteiger partial charge in [0.25, 0.3) is 0 Å². The first-order valence-electron chi connectivity index (χ1n) is 10.2. The number of halogens is 1. The molecule has 2 aliphatic rings. The fourth-order valence-electron chi connectivity index (χ4n) is 4.06. The molecule has 29 heavy (non-hydrogen) atoms.